The number of benzene rings is 2. The highest BCUT2D eigenvalue weighted by molar-refractivity contribution is 6.05. The second kappa shape index (κ2) is 20.4. The summed E-state index contributed by atoms with van der Waals surface area (Å²) in [6.07, 6.45) is 6.16. The Labute approximate surface area is 325 Å². The highest BCUT2D eigenvalue weighted by Crippen LogP contribution is 2.21. The van der Waals surface area contributed by atoms with Gasteiger partial charge in [0.15, 0.2) is 23.3 Å². The van der Waals surface area contributed by atoms with Gasteiger partial charge in [-0.1, -0.05) is 48.5 Å². The van der Waals surface area contributed by atoms with Crippen molar-refractivity contribution in [3.05, 3.63) is 90.1 Å². The molecule has 2 unspecified atom stereocenters. The Bertz CT molecular complexity index is 1960. The summed E-state index contributed by atoms with van der Waals surface area (Å²) in [7, 11) is 0. The number of aliphatic imine (C=N–C) groups is 1. The van der Waals surface area contributed by atoms with Gasteiger partial charge in [-0.15, -0.1) is 0 Å². The van der Waals surface area contributed by atoms with Crippen molar-refractivity contribution >= 4 is 45.9 Å². The number of rotatable bonds is 12. The number of aromatic nitrogens is 3. The predicted octanol–water partition coefficient (Wildman–Crippen LogP) is 0.813. The smallest absolute Gasteiger partial charge is 0.239 e. The fraction of sp³-hybridized carbons (Fsp3) is 0.425. The number of hydrogen-bond acceptors (Lipinski definition) is 11. The van der Waals surface area contributed by atoms with Gasteiger partial charge in [0.05, 0.1) is 36.9 Å². The maximum atomic E-state index is 14.3. The fourth-order valence-electron chi connectivity index (χ4n) is 7.04. The normalized spacial score (nSPS) is 23.4. The van der Waals surface area contributed by atoms with E-state index >= 15 is 0 Å². The van der Waals surface area contributed by atoms with Crippen molar-refractivity contribution in [1.29, 1.82) is 0 Å². The maximum absolute atomic E-state index is 14.3. The van der Waals surface area contributed by atoms with Crippen LogP contribution in [0.5, 0.6) is 0 Å². The number of carbonyl (C=O) groups excluding carboxylic acids is 5. The van der Waals surface area contributed by atoms with Gasteiger partial charge in [0.2, 0.25) is 5.91 Å². The predicted molar refractivity (Wildman–Crippen MR) is 213 cm³/mol. The molecule has 0 saturated carbocycles. The van der Waals surface area contributed by atoms with Gasteiger partial charge in [-0.25, -0.2) is 15.8 Å². The number of aromatic amines is 2. The lowest BCUT2D eigenvalue weighted by Gasteiger charge is -2.27. The summed E-state index contributed by atoms with van der Waals surface area (Å²) in [5, 5.41) is 7.17. The minimum Gasteiger partial charge on any atom is -0.370 e. The van der Waals surface area contributed by atoms with E-state index < -0.39 is 60.1 Å². The molecule has 12 N–H and O–H groups in total. The molecule has 6 atom stereocenters. The van der Waals surface area contributed by atoms with Crippen LogP contribution in [0, 0.1) is 0 Å². The number of H-pyrrole nitrogens is 2. The Hall–Kier alpha value is -5.55. The maximum Gasteiger partial charge on any atom is 0.239 e. The van der Waals surface area contributed by atoms with Gasteiger partial charge in [0.1, 0.15) is 11.8 Å². The van der Waals surface area contributed by atoms with E-state index in [0.717, 1.165) is 22.0 Å². The second-order valence-electron chi connectivity index (χ2n) is 14.5. The van der Waals surface area contributed by atoms with Gasteiger partial charge in [0.25, 0.3) is 0 Å². The van der Waals surface area contributed by atoms with Crippen LogP contribution in [0.15, 0.2) is 78.3 Å². The molecule has 1 amide bonds. The molecular weight excluding hydrogens is 715 g/mol. The molecule has 3 heterocycles. The molecule has 5 rings (SSSR count). The molecular formula is C40H53N11O5. The largest absolute Gasteiger partial charge is 0.370 e. The van der Waals surface area contributed by atoms with Crippen LogP contribution in [0.1, 0.15) is 62.3 Å². The van der Waals surface area contributed by atoms with Crippen molar-refractivity contribution in [1.82, 2.24) is 36.4 Å². The number of ketones is 4. The van der Waals surface area contributed by atoms with E-state index in [1.54, 1.807) is 6.20 Å². The van der Waals surface area contributed by atoms with E-state index in [4.69, 9.17) is 17.2 Å². The van der Waals surface area contributed by atoms with Crippen LogP contribution in [0.3, 0.4) is 0 Å². The molecule has 1 saturated heterocycles. The summed E-state index contributed by atoms with van der Waals surface area (Å²) in [5.41, 5.74) is 27.1. The van der Waals surface area contributed by atoms with Crippen LogP contribution >= 0.6 is 0 Å². The molecule has 56 heavy (non-hydrogen) atoms. The number of fused-ring (bicyclic) bond motifs is 1. The molecule has 16 heteroatoms. The van der Waals surface area contributed by atoms with E-state index in [2.05, 4.69) is 41.4 Å². The number of imidazole rings is 1. The minimum atomic E-state index is -1.07. The number of amides is 1. The van der Waals surface area contributed by atoms with E-state index in [0.29, 0.717) is 18.5 Å². The van der Waals surface area contributed by atoms with Gasteiger partial charge in [-0.3, -0.25) is 29.0 Å². The van der Waals surface area contributed by atoms with Gasteiger partial charge in [-0.2, -0.15) is 0 Å². The summed E-state index contributed by atoms with van der Waals surface area (Å²) < 4.78 is 0. The molecule has 0 aliphatic carbocycles. The first-order valence-corrected chi connectivity index (χ1v) is 19.0. The summed E-state index contributed by atoms with van der Waals surface area (Å²) >= 11 is 0. The first-order valence-electron chi connectivity index (χ1n) is 19.0. The van der Waals surface area contributed by atoms with Crippen LogP contribution in [0.25, 0.3) is 10.9 Å². The van der Waals surface area contributed by atoms with Crippen molar-refractivity contribution < 1.29 is 24.0 Å². The summed E-state index contributed by atoms with van der Waals surface area (Å²) in [5.74, 6) is -1.92. The summed E-state index contributed by atoms with van der Waals surface area (Å²) in [4.78, 5) is 83.5. The summed E-state index contributed by atoms with van der Waals surface area (Å²) in [6.45, 7) is 1.70. The topological polar surface area (TPSA) is 268 Å². The number of hydrazine groups is 1. The van der Waals surface area contributed by atoms with E-state index in [1.807, 2.05) is 60.8 Å². The minimum absolute atomic E-state index is 0.0778. The van der Waals surface area contributed by atoms with Crippen molar-refractivity contribution in [2.75, 3.05) is 6.54 Å². The number of nitrogens with zero attached hydrogens (tertiary/aromatic N) is 2. The number of nitrogens with two attached hydrogens (primary N) is 3. The Morgan fingerprint density at radius 2 is 1.59 bits per heavy atom. The Morgan fingerprint density at radius 1 is 0.857 bits per heavy atom. The zero-order chi connectivity index (χ0) is 40.0. The SMILES string of the molecule is CC(=O)CC1CCC(N)C(=O)[C@H](Cc2c[nH]c3ccccc23)NN[C@@H](CCCN=C(N)N)C(=O)N[C@@H](Cc2ccccc2)C(=O)CC(=O)[C@H](Cc2cnc[nH]2)N1. The standard InChI is InChI=1S/C40H53N11O5/c1-24(52)16-27-13-14-30(41)38(55)35(18-26-21-46-31-11-6-5-10-29(26)31)51-50-32(12-7-15-45-40(42)43)39(56)49-33(17-25-8-3-2-4-9-25)36(53)20-37(54)34(48-27)19-28-22-44-23-47-28/h2-6,8-11,21-23,27,30,32-35,46,48,50-51H,7,12-20,41H2,1H3,(H,44,47)(H,49,56)(H4,42,43,45)/t27?,30?,32-,33-,34-,35-/m0/s1. The molecule has 0 radical (unpaired) electrons. The van der Waals surface area contributed by atoms with Gasteiger partial charge >= 0.3 is 0 Å². The molecule has 298 valence electrons. The quantitative estimate of drug-likeness (QED) is 0.0420. The molecule has 0 spiro atoms. The third-order valence-corrected chi connectivity index (χ3v) is 10.0. The molecule has 4 aromatic rings. The second-order valence-corrected chi connectivity index (χ2v) is 14.5. The van der Waals surface area contributed by atoms with Gasteiger partial charge in [0, 0.05) is 54.4 Å². The van der Waals surface area contributed by atoms with Crippen molar-refractivity contribution in [3.8, 4) is 0 Å². The lowest BCUT2D eigenvalue weighted by molar-refractivity contribution is -0.133. The number of guanidine groups is 1. The van der Waals surface area contributed by atoms with Crippen LogP contribution in [0.4, 0.5) is 0 Å². The van der Waals surface area contributed by atoms with E-state index in [1.165, 1.54) is 13.3 Å². The summed E-state index contributed by atoms with van der Waals surface area (Å²) in [6, 6.07) is 11.6. The fourth-order valence-corrected chi connectivity index (χ4v) is 7.04. The van der Waals surface area contributed by atoms with Gasteiger partial charge < -0.3 is 37.8 Å². The van der Waals surface area contributed by atoms with E-state index in [-0.39, 0.29) is 62.6 Å². The molecule has 2 aromatic heterocycles. The van der Waals surface area contributed by atoms with Crippen molar-refractivity contribution in [2.45, 2.75) is 101 Å². The molecule has 1 aliphatic heterocycles. The Morgan fingerprint density at radius 3 is 2.32 bits per heavy atom. The number of Topliss-reactive ketones (excluding diaryl/α,β-unsaturated/α-hetero) is 4. The Kier molecular flexibility index (Phi) is 15.2. The van der Waals surface area contributed by atoms with Crippen LogP contribution in [0.2, 0.25) is 0 Å². The first-order chi connectivity index (χ1) is 27.0. The van der Waals surface area contributed by atoms with Crippen LogP contribution in [-0.2, 0) is 43.2 Å². The highest BCUT2D eigenvalue weighted by Gasteiger charge is 2.33. The Balaban J connectivity index is 1.51. The first kappa shape index (κ1) is 41.6. The van der Waals surface area contributed by atoms with Crippen molar-refractivity contribution in [2.24, 2.45) is 22.2 Å². The number of nitrogens with one attached hydrogen (secondary N) is 6. The van der Waals surface area contributed by atoms with Crippen molar-refractivity contribution in [3.63, 3.8) is 0 Å². The molecule has 0 bridgehead atoms. The average Bonchev–Trinajstić information content (AvgIpc) is 3.85. The number of para-hydroxylation sites is 1. The van der Waals surface area contributed by atoms with Gasteiger partial charge in [-0.05, 0) is 62.6 Å². The van der Waals surface area contributed by atoms with Crippen LogP contribution in [-0.4, -0.2) is 92.7 Å². The highest BCUT2D eigenvalue weighted by atomic mass is 16.2. The molecule has 2 aromatic carbocycles. The van der Waals surface area contributed by atoms with Crippen LogP contribution < -0.4 is 38.7 Å². The lowest BCUT2D eigenvalue weighted by Crippen LogP contribution is -2.59. The third-order valence-electron chi connectivity index (χ3n) is 10.0. The molecule has 1 fully saturated rings. The zero-order valence-electron chi connectivity index (χ0n) is 31.6. The number of hydrogen-bond donors (Lipinski definition) is 9. The zero-order valence-corrected chi connectivity index (χ0v) is 31.6. The average molecular weight is 768 g/mol. The molecule has 1 aliphatic rings. The monoisotopic (exact) mass is 767 g/mol. The third kappa shape index (κ3) is 12.2. The lowest BCUT2D eigenvalue weighted by atomic mass is 9.92. The van der Waals surface area contributed by atoms with E-state index in [9.17, 15) is 24.0 Å². The number of carbonyl (C=O) groups is 5. The molecule has 16 nitrogen and oxygen atoms in total.